The van der Waals surface area contributed by atoms with Crippen LogP contribution in [-0.4, -0.2) is 43.6 Å². The Morgan fingerprint density at radius 2 is 1.68 bits per heavy atom. The number of nitrogens with one attached hydrogen (secondary N) is 1. The average Bonchev–Trinajstić information content (AvgIpc) is 2.87. The van der Waals surface area contributed by atoms with Crippen LogP contribution in [-0.2, 0) is 25.5 Å². The summed E-state index contributed by atoms with van der Waals surface area (Å²) in [6.07, 6.45) is 1.88. The van der Waals surface area contributed by atoms with Gasteiger partial charge in [-0.15, -0.1) is 0 Å². The zero-order valence-electron chi connectivity index (χ0n) is 17.7. The van der Waals surface area contributed by atoms with Gasteiger partial charge in [0.15, 0.2) is 0 Å². The van der Waals surface area contributed by atoms with E-state index in [1.807, 2.05) is 30.3 Å². The third kappa shape index (κ3) is 5.31. The molecular formula is C24H26N2O5. The number of hydrogen-bond acceptors (Lipinski definition) is 5. The molecule has 162 valence electrons. The molecule has 0 spiro atoms. The van der Waals surface area contributed by atoms with Crippen LogP contribution in [0.15, 0.2) is 66.4 Å². The number of para-hydroxylation sites is 1. The zero-order valence-corrected chi connectivity index (χ0v) is 17.7. The van der Waals surface area contributed by atoms with Crippen molar-refractivity contribution in [1.82, 2.24) is 5.32 Å². The van der Waals surface area contributed by atoms with Crippen LogP contribution in [0.4, 0.5) is 5.69 Å². The number of ether oxygens (including phenoxy) is 2. The number of benzene rings is 2. The van der Waals surface area contributed by atoms with E-state index >= 15 is 0 Å². The predicted octanol–water partition coefficient (Wildman–Crippen LogP) is 2.86. The molecule has 2 aromatic carbocycles. The lowest BCUT2D eigenvalue weighted by Crippen LogP contribution is -2.47. The van der Waals surface area contributed by atoms with E-state index in [4.69, 9.17) is 9.47 Å². The average molecular weight is 422 g/mol. The maximum Gasteiger partial charge on any atom is 0.373 e. The molecule has 7 nitrogen and oxygen atoms in total. The molecule has 0 aromatic heterocycles. The monoisotopic (exact) mass is 422 g/mol. The Morgan fingerprint density at radius 3 is 2.39 bits per heavy atom. The van der Waals surface area contributed by atoms with Gasteiger partial charge >= 0.3 is 5.97 Å². The molecule has 7 heteroatoms. The fourth-order valence-corrected chi connectivity index (χ4v) is 3.42. The summed E-state index contributed by atoms with van der Waals surface area (Å²) >= 11 is 0. The molecule has 31 heavy (non-hydrogen) atoms. The van der Waals surface area contributed by atoms with Crippen molar-refractivity contribution in [3.63, 3.8) is 0 Å². The van der Waals surface area contributed by atoms with Gasteiger partial charge in [0, 0.05) is 13.0 Å². The molecule has 1 unspecified atom stereocenters. The first kappa shape index (κ1) is 22.1. The van der Waals surface area contributed by atoms with Gasteiger partial charge in [-0.3, -0.25) is 9.59 Å². The molecule has 1 aliphatic rings. The summed E-state index contributed by atoms with van der Waals surface area (Å²) in [5.41, 5.74) is 1.81. The minimum absolute atomic E-state index is 0.0396. The number of amides is 2. The Morgan fingerprint density at radius 1 is 1.00 bits per heavy atom. The van der Waals surface area contributed by atoms with Gasteiger partial charge in [-0.25, -0.2) is 4.79 Å². The van der Waals surface area contributed by atoms with E-state index in [-0.39, 0.29) is 37.3 Å². The molecule has 2 amide bonds. The Kier molecular flexibility index (Phi) is 7.43. The van der Waals surface area contributed by atoms with Crippen LogP contribution in [0, 0.1) is 0 Å². The molecule has 3 rings (SSSR count). The van der Waals surface area contributed by atoms with E-state index in [1.54, 1.807) is 38.1 Å². The van der Waals surface area contributed by atoms with Gasteiger partial charge < -0.3 is 19.7 Å². The van der Waals surface area contributed by atoms with Crippen molar-refractivity contribution in [1.29, 1.82) is 0 Å². The smallest absolute Gasteiger partial charge is 0.373 e. The van der Waals surface area contributed by atoms with Crippen molar-refractivity contribution < 1.29 is 23.9 Å². The van der Waals surface area contributed by atoms with Crippen LogP contribution >= 0.6 is 0 Å². The van der Waals surface area contributed by atoms with Gasteiger partial charge in [-0.05, 0) is 37.6 Å². The maximum atomic E-state index is 13.4. The Balaban J connectivity index is 1.94. The molecule has 1 atom stereocenters. The van der Waals surface area contributed by atoms with Crippen LogP contribution < -0.4 is 10.2 Å². The van der Waals surface area contributed by atoms with Gasteiger partial charge in [0.2, 0.25) is 11.7 Å². The third-order valence-corrected chi connectivity index (χ3v) is 4.83. The summed E-state index contributed by atoms with van der Waals surface area (Å²) in [7, 11) is 0. The van der Waals surface area contributed by atoms with Crippen LogP contribution in [0.25, 0.3) is 0 Å². The second-order valence-corrected chi connectivity index (χ2v) is 6.90. The lowest BCUT2D eigenvalue weighted by atomic mass is 10.0. The van der Waals surface area contributed by atoms with Crippen molar-refractivity contribution in [2.24, 2.45) is 0 Å². The number of hydrogen-bond donors (Lipinski definition) is 1. The first-order valence-corrected chi connectivity index (χ1v) is 10.3. The van der Waals surface area contributed by atoms with Crippen LogP contribution in [0.3, 0.4) is 0 Å². The maximum absolute atomic E-state index is 13.4. The summed E-state index contributed by atoms with van der Waals surface area (Å²) in [5, 5.41) is 2.85. The topological polar surface area (TPSA) is 84.9 Å². The SMILES string of the molecule is CCOC(=O)/C(=C/CN1C(=O)C(Cc2ccccc2)NC(=O)c2ccccc21)OCC. The Labute approximate surface area is 181 Å². The zero-order chi connectivity index (χ0) is 22.2. The number of carbonyl (C=O) groups is 3. The van der Waals surface area contributed by atoms with E-state index in [9.17, 15) is 14.4 Å². The normalized spacial score (nSPS) is 16.3. The van der Waals surface area contributed by atoms with E-state index in [1.165, 1.54) is 11.0 Å². The summed E-state index contributed by atoms with van der Waals surface area (Å²) in [5.74, 6) is -1.13. The number of fused-ring (bicyclic) bond motifs is 1. The largest absolute Gasteiger partial charge is 0.487 e. The molecule has 0 bridgehead atoms. The fourth-order valence-electron chi connectivity index (χ4n) is 3.42. The molecular weight excluding hydrogens is 396 g/mol. The standard InChI is InChI=1S/C24H26N2O5/c1-3-30-21(24(29)31-4-2)14-15-26-20-13-9-8-12-18(20)22(27)25-19(23(26)28)16-17-10-6-5-7-11-17/h5-14,19H,3-4,15-16H2,1-2H3,(H,25,27)/b21-14-. The first-order valence-electron chi connectivity index (χ1n) is 10.3. The third-order valence-electron chi connectivity index (χ3n) is 4.83. The number of anilines is 1. The minimum Gasteiger partial charge on any atom is -0.487 e. The summed E-state index contributed by atoms with van der Waals surface area (Å²) in [6, 6.07) is 15.7. The highest BCUT2D eigenvalue weighted by molar-refractivity contribution is 6.11. The van der Waals surface area contributed by atoms with Crippen LogP contribution in [0.5, 0.6) is 0 Å². The lowest BCUT2D eigenvalue weighted by molar-refractivity contribution is -0.142. The quantitative estimate of drug-likeness (QED) is 0.402. The van der Waals surface area contributed by atoms with E-state index in [2.05, 4.69) is 5.32 Å². The second-order valence-electron chi connectivity index (χ2n) is 6.90. The highest BCUT2D eigenvalue weighted by atomic mass is 16.6. The molecule has 0 saturated heterocycles. The van der Waals surface area contributed by atoms with E-state index in [0.29, 0.717) is 17.7 Å². The summed E-state index contributed by atoms with van der Waals surface area (Å²) in [4.78, 5) is 39.9. The van der Waals surface area contributed by atoms with E-state index < -0.39 is 12.0 Å². The fraction of sp³-hybridized carbons (Fsp3) is 0.292. The second kappa shape index (κ2) is 10.4. The summed E-state index contributed by atoms with van der Waals surface area (Å²) in [6.45, 7) is 4.03. The number of carbonyl (C=O) groups excluding carboxylic acids is 3. The molecule has 0 fully saturated rings. The molecule has 2 aromatic rings. The van der Waals surface area contributed by atoms with Crippen molar-refractivity contribution in [3.8, 4) is 0 Å². The number of esters is 1. The molecule has 0 radical (unpaired) electrons. The highest BCUT2D eigenvalue weighted by Crippen LogP contribution is 2.25. The van der Waals surface area contributed by atoms with Gasteiger partial charge in [0.05, 0.1) is 24.5 Å². The molecule has 1 heterocycles. The first-order chi connectivity index (χ1) is 15.0. The number of nitrogens with zero attached hydrogens (tertiary/aromatic N) is 1. The Bertz CT molecular complexity index is 971. The van der Waals surface area contributed by atoms with Gasteiger partial charge in [0.25, 0.3) is 5.91 Å². The van der Waals surface area contributed by atoms with Gasteiger partial charge in [-0.2, -0.15) is 0 Å². The summed E-state index contributed by atoms with van der Waals surface area (Å²) < 4.78 is 10.4. The lowest BCUT2D eigenvalue weighted by Gasteiger charge is -2.24. The van der Waals surface area contributed by atoms with Crippen LogP contribution in [0.1, 0.15) is 29.8 Å². The van der Waals surface area contributed by atoms with Crippen molar-refractivity contribution in [3.05, 3.63) is 77.6 Å². The van der Waals surface area contributed by atoms with Crippen LogP contribution in [0.2, 0.25) is 0 Å². The number of rotatable bonds is 8. The van der Waals surface area contributed by atoms with E-state index in [0.717, 1.165) is 5.56 Å². The molecule has 1 aliphatic heterocycles. The van der Waals surface area contributed by atoms with Crippen molar-refractivity contribution >= 4 is 23.5 Å². The molecule has 0 aliphatic carbocycles. The van der Waals surface area contributed by atoms with Gasteiger partial charge in [-0.1, -0.05) is 42.5 Å². The van der Waals surface area contributed by atoms with Gasteiger partial charge in [0.1, 0.15) is 6.04 Å². The molecule has 1 N–H and O–H groups in total. The molecule has 0 saturated carbocycles. The Hall–Kier alpha value is -3.61. The predicted molar refractivity (Wildman–Crippen MR) is 117 cm³/mol. The minimum atomic E-state index is -0.742. The van der Waals surface area contributed by atoms with Crippen molar-refractivity contribution in [2.45, 2.75) is 26.3 Å². The highest BCUT2D eigenvalue weighted by Gasteiger charge is 2.33. The van der Waals surface area contributed by atoms with Crippen molar-refractivity contribution in [2.75, 3.05) is 24.7 Å².